The number of ether oxygens (including phenoxy) is 1. The fourth-order valence-corrected chi connectivity index (χ4v) is 2.77. The molecule has 27 heavy (non-hydrogen) atoms. The lowest BCUT2D eigenvalue weighted by atomic mass is 10.2. The summed E-state index contributed by atoms with van der Waals surface area (Å²) >= 11 is 0. The first kappa shape index (κ1) is 20.6. The highest BCUT2D eigenvalue weighted by Gasteiger charge is 2.04. The van der Waals surface area contributed by atoms with Gasteiger partial charge < -0.3 is 15.0 Å². The van der Waals surface area contributed by atoms with Crippen molar-refractivity contribution in [3.63, 3.8) is 0 Å². The second-order valence-electron chi connectivity index (χ2n) is 6.28. The van der Waals surface area contributed by atoms with Crippen LogP contribution in [0.4, 0.5) is 11.4 Å². The van der Waals surface area contributed by atoms with Gasteiger partial charge in [0, 0.05) is 36.1 Å². The number of para-hydroxylation sites is 1. The number of hydrogen-bond acceptors (Lipinski definition) is 3. The van der Waals surface area contributed by atoms with E-state index in [-0.39, 0.29) is 5.91 Å². The number of carbonyl (C=O) groups is 1. The van der Waals surface area contributed by atoms with Crippen molar-refractivity contribution in [3.05, 3.63) is 60.2 Å². The maximum absolute atomic E-state index is 12.2. The van der Waals surface area contributed by atoms with E-state index in [1.165, 1.54) is 0 Å². The molecule has 4 nitrogen and oxygen atoms in total. The standard InChI is InChI=1S/C23H30N2O2/c1-4-7-18-27-22-11-9-8-10-19(22)12-17-23(26)24-20-13-15-21(16-14-20)25(5-2)6-3/h8-17H,4-7,18H2,1-3H3,(H,24,26). The Kier molecular flexibility index (Phi) is 8.43. The molecule has 0 unspecified atom stereocenters. The van der Waals surface area contributed by atoms with Crippen molar-refractivity contribution in [2.45, 2.75) is 33.6 Å². The number of amides is 1. The normalized spacial score (nSPS) is 10.8. The molecule has 1 N–H and O–H groups in total. The average Bonchev–Trinajstić information content (AvgIpc) is 2.69. The Morgan fingerprint density at radius 2 is 1.74 bits per heavy atom. The summed E-state index contributed by atoms with van der Waals surface area (Å²) in [5.74, 6) is 0.646. The Balaban J connectivity index is 1.97. The zero-order valence-corrected chi connectivity index (χ0v) is 16.6. The fraction of sp³-hybridized carbons (Fsp3) is 0.348. The van der Waals surface area contributed by atoms with Crippen LogP contribution in [0.25, 0.3) is 6.08 Å². The van der Waals surface area contributed by atoms with Crippen molar-refractivity contribution in [1.82, 2.24) is 0 Å². The number of unbranched alkanes of at least 4 members (excludes halogenated alkanes) is 1. The van der Waals surface area contributed by atoms with Crippen LogP contribution in [0.3, 0.4) is 0 Å². The van der Waals surface area contributed by atoms with Crippen molar-refractivity contribution in [1.29, 1.82) is 0 Å². The Labute approximate surface area is 162 Å². The molecular formula is C23H30N2O2. The van der Waals surface area contributed by atoms with Gasteiger partial charge in [-0.25, -0.2) is 0 Å². The molecule has 0 saturated heterocycles. The molecule has 0 radical (unpaired) electrons. The molecule has 2 aromatic carbocycles. The van der Waals surface area contributed by atoms with E-state index in [1.807, 2.05) is 48.5 Å². The van der Waals surface area contributed by atoms with Crippen molar-refractivity contribution in [2.75, 3.05) is 29.9 Å². The van der Waals surface area contributed by atoms with Crippen LogP contribution >= 0.6 is 0 Å². The lowest BCUT2D eigenvalue weighted by Gasteiger charge is -2.21. The van der Waals surface area contributed by atoms with Gasteiger partial charge in [0.1, 0.15) is 5.75 Å². The number of nitrogens with one attached hydrogen (secondary N) is 1. The van der Waals surface area contributed by atoms with Gasteiger partial charge in [-0.3, -0.25) is 4.79 Å². The number of rotatable bonds is 10. The molecule has 0 atom stereocenters. The van der Waals surface area contributed by atoms with Gasteiger partial charge in [0.15, 0.2) is 0 Å². The highest BCUT2D eigenvalue weighted by molar-refractivity contribution is 6.02. The molecule has 4 heteroatoms. The molecule has 2 aromatic rings. The minimum Gasteiger partial charge on any atom is -0.493 e. The number of carbonyl (C=O) groups excluding carboxylic acids is 1. The van der Waals surface area contributed by atoms with Crippen LogP contribution in [0.15, 0.2) is 54.6 Å². The molecule has 144 valence electrons. The third-order valence-electron chi connectivity index (χ3n) is 4.35. The first-order valence-corrected chi connectivity index (χ1v) is 9.73. The molecule has 0 fully saturated rings. The van der Waals surface area contributed by atoms with Crippen LogP contribution in [-0.2, 0) is 4.79 Å². The second kappa shape index (κ2) is 11.1. The highest BCUT2D eigenvalue weighted by Crippen LogP contribution is 2.20. The van der Waals surface area contributed by atoms with E-state index in [0.29, 0.717) is 6.61 Å². The number of benzene rings is 2. The average molecular weight is 367 g/mol. The lowest BCUT2D eigenvalue weighted by molar-refractivity contribution is -0.111. The topological polar surface area (TPSA) is 41.6 Å². The van der Waals surface area contributed by atoms with E-state index in [2.05, 4.69) is 31.0 Å². The molecule has 2 rings (SSSR count). The molecular weight excluding hydrogens is 336 g/mol. The zero-order chi connectivity index (χ0) is 19.5. The third kappa shape index (κ3) is 6.48. The van der Waals surface area contributed by atoms with Crippen molar-refractivity contribution < 1.29 is 9.53 Å². The van der Waals surface area contributed by atoms with Gasteiger partial charge in [0.05, 0.1) is 6.61 Å². The van der Waals surface area contributed by atoms with Gasteiger partial charge >= 0.3 is 0 Å². The number of anilines is 2. The maximum atomic E-state index is 12.2. The molecule has 1 amide bonds. The molecule has 0 aromatic heterocycles. The summed E-state index contributed by atoms with van der Waals surface area (Å²) in [4.78, 5) is 14.5. The van der Waals surface area contributed by atoms with E-state index in [9.17, 15) is 4.79 Å². The van der Waals surface area contributed by atoms with E-state index in [0.717, 1.165) is 48.6 Å². The van der Waals surface area contributed by atoms with Crippen LogP contribution < -0.4 is 15.0 Å². The molecule has 0 aliphatic rings. The maximum Gasteiger partial charge on any atom is 0.248 e. The van der Waals surface area contributed by atoms with Crippen LogP contribution in [0.1, 0.15) is 39.2 Å². The van der Waals surface area contributed by atoms with Gasteiger partial charge in [-0.15, -0.1) is 0 Å². The summed E-state index contributed by atoms with van der Waals surface area (Å²) in [7, 11) is 0. The highest BCUT2D eigenvalue weighted by atomic mass is 16.5. The first-order valence-electron chi connectivity index (χ1n) is 9.73. The predicted octanol–water partition coefficient (Wildman–Crippen LogP) is 5.36. The van der Waals surface area contributed by atoms with Crippen LogP contribution in [0, 0.1) is 0 Å². The van der Waals surface area contributed by atoms with Gasteiger partial charge in [-0.1, -0.05) is 31.5 Å². The Bertz CT molecular complexity index is 734. The lowest BCUT2D eigenvalue weighted by Crippen LogP contribution is -2.21. The van der Waals surface area contributed by atoms with Crippen molar-refractivity contribution in [3.8, 4) is 5.75 Å². The Morgan fingerprint density at radius 1 is 1.04 bits per heavy atom. The molecule has 0 heterocycles. The Hall–Kier alpha value is -2.75. The summed E-state index contributed by atoms with van der Waals surface area (Å²) in [6.45, 7) is 9.01. The number of hydrogen-bond donors (Lipinski definition) is 1. The molecule has 0 aliphatic carbocycles. The van der Waals surface area contributed by atoms with Gasteiger partial charge in [0.2, 0.25) is 5.91 Å². The third-order valence-corrected chi connectivity index (χ3v) is 4.35. The summed E-state index contributed by atoms with van der Waals surface area (Å²) in [6.07, 6.45) is 5.44. The summed E-state index contributed by atoms with van der Waals surface area (Å²) < 4.78 is 5.80. The quantitative estimate of drug-likeness (QED) is 0.454. The zero-order valence-electron chi connectivity index (χ0n) is 16.6. The van der Waals surface area contributed by atoms with Gasteiger partial charge in [-0.2, -0.15) is 0 Å². The SMILES string of the molecule is CCCCOc1ccccc1C=CC(=O)Nc1ccc(N(CC)CC)cc1. The van der Waals surface area contributed by atoms with E-state index in [4.69, 9.17) is 4.74 Å². The van der Waals surface area contributed by atoms with Gasteiger partial charge in [-0.05, 0) is 56.7 Å². The smallest absolute Gasteiger partial charge is 0.248 e. The van der Waals surface area contributed by atoms with Crippen LogP contribution in [-0.4, -0.2) is 25.6 Å². The second-order valence-corrected chi connectivity index (χ2v) is 6.28. The van der Waals surface area contributed by atoms with Crippen LogP contribution in [0.5, 0.6) is 5.75 Å². The first-order chi connectivity index (χ1) is 13.2. The van der Waals surface area contributed by atoms with Gasteiger partial charge in [0.25, 0.3) is 0 Å². The van der Waals surface area contributed by atoms with Crippen molar-refractivity contribution >= 4 is 23.4 Å². The monoisotopic (exact) mass is 366 g/mol. The number of nitrogens with zero attached hydrogens (tertiary/aromatic N) is 1. The fourth-order valence-electron chi connectivity index (χ4n) is 2.77. The van der Waals surface area contributed by atoms with Crippen molar-refractivity contribution in [2.24, 2.45) is 0 Å². The van der Waals surface area contributed by atoms with E-state index >= 15 is 0 Å². The summed E-state index contributed by atoms with van der Waals surface area (Å²) in [5, 5.41) is 2.90. The molecule has 0 spiro atoms. The minimum absolute atomic E-state index is 0.158. The summed E-state index contributed by atoms with van der Waals surface area (Å²) in [6, 6.07) is 15.7. The predicted molar refractivity (Wildman–Crippen MR) is 115 cm³/mol. The summed E-state index contributed by atoms with van der Waals surface area (Å²) in [5.41, 5.74) is 2.85. The largest absolute Gasteiger partial charge is 0.493 e. The minimum atomic E-state index is -0.158. The molecule has 0 bridgehead atoms. The van der Waals surface area contributed by atoms with E-state index in [1.54, 1.807) is 12.2 Å². The molecule has 0 saturated carbocycles. The van der Waals surface area contributed by atoms with Crippen LogP contribution in [0.2, 0.25) is 0 Å². The Morgan fingerprint density at radius 3 is 2.41 bits per heavy atom. The van der Waals surface area contributed by atoms with E-state index < -0.39 is 0 Å². The molecule has 0 aliphatic heterocycles.